The third-order valence-electron chi connectivity index (χ3n) is 7.82. The van der Waals surface area contributed by atoms with Gasteiger partial charge in [-0.15, -0.1) is 0 Å². The highest BCUT2D eigenvalue weighted by Crippen LogP contribution is 2.27. The number of benzene rings is 1. The summed E-state index contributed by atoms with van der Waals surface area (Å²) in [7, 11) is 0. The summed E-state index contributed by atoms with van der Waals surface area (Å²) in [4.78, 5) is 32.8. The SMILES string of the molecule is CC(C)OC(=O)N1CCC(C(C)Oc2ccc(-c3ccc(CC(N)C(=O)N4CCCC4C)c(F)c3)cn2)CC1. The number of halogens is 1. The molecule has 0 aliphatic carbocycles. The molecule has 9 heteroatoms. The molecule has 39 heavy (non-hydrogen) atoms. The number of nitrogens with zero attached hydrogens (tertiary/aromatic N) is 3. The molecule has 3 unspecified atom stereocenters. The molecule has 0 bridgehead atoms. The molecule has 3 heterocycles. The molecule has 0 saturated carbocycles. The molecule has 2 aromatic rings. The Kier molecular flexibility index (Phi) is 9.43. The first-order valence-corrected chi connectivity index (χ1v) is 14.1. The lowest BCUT2D eigenvalue weighted by Gasteiger charge is -2.34. The molecule has 2 amide bonds. The van der Waals surface area contributed by atoms with Crippen molar-refractivity contribution in [1.29, 1.82) is 0 Å². The second-order valence-corrected chi connectivity index (χ2v) is 11.1. The summed E-state index contributed by atoms with van der Waals surface area (Å²) >= 11 is 0. The van der Waals surface area contributed by atoms with Crippen molar-refractivity contribution in [2.75, 3.05) is 19.6 Å². The largest absolute Gasteiger partial charge is 0.474 e. The van der Waals surface area contributed by atoms with Crippen molar-refractivity contribution >= 4 is 12.0 Å². The number of piperidine rings is 1. The molecule has 2 aliphatic rings. The molecule has 1 aromatic heterocycles. The van der Waals surface area contributed by atoms with E-state index in [9.17, 15) is 14.0 Å². The topological polar surface area (TPSA) is 98.0 Å². The lowest BCUT2D eigenvalue weighted by atomic mass is 9.92. The van der Waals surface area contributed by atoms with Gasteiger partial charge >= 0.3 is 6.09 Å². The van der Waals surface area contributed by atoms with Gasteiger partial charge in [-0.3, -0.25) is 4.79 Å². The molecule has 0 radical (unpaired) electrons. The first-order valence-electron chi connectivity index (χ1n) is 14.1. The molecule has 2 N–H and O–H groups in total. The average molecular weight is 541 g/mol. The number of likely N-dealkylation sites (tertiary alicyclic amines) is 2. The van der Waals surface area contributed by atoms with Crippen molar-refractivity contribution in [1.82, 2.24) is 14.8 Å². The minimum Gasteiger partial charge on any atom is -0.474 e. The Morgan fingerprint density at radius 2 is 1.79 bits per heavy atom. The van der Waals surface area contributed by atoms with Gasteiger partial charge in [-0.25, -0.2) is 14.2 Å². The summed E-state index contributed by atoms with van der Waals surface area (Å²) in [5, 5.41) is 0. The number of ether oxygens (including phenoxy) is 2. The molecule has 1 aromatic carbocycles. The third-order valence-corrected chi connectivity index (χ3v) is 7.82. The second-order valence-electron chi connectivity index (χ2n) is 11.1. The van der Waals surface area contributed by atoms with Crippen molar-refractivity contribution < 1.29 is 23.5 Å². The average Bonchev–Trinajstić information content (AvgIpc) is 3.35. The quantitative estimate of drug-likeness (QED) is 0.517. The number of carbonyl (C=O) groups excluding carboxylic acids is 2. The van der Waals surface area contributed by atoms with E-state index in [1.165, 1.54) is 6.07 Å². The molecule has 0 spiro atoms. The summed E-state index contributed by atoms with van der Waals surface area (Å²) in [5.74, 6) is 0.313. The maximum absolute atomic E-state index is 15.0. The van der Waals surface area contributed by atoms with Crippen LogP contribution >= 0.6 is 0 Å². The van der Waals surface area contributed by atoms with Crippen LogP contribution in [0.5, 0.6) is 5.88 Å². The van der Waals surface area contributed by atoms with Gasteiger partial charge in [0.15, 0.2) is 0 Å². The van der Waals surface area contributed by atoms with Gasteiger partial charge in [0.2, 0.25) is 11.8 Å². The van der Waals surface area contributed by atoms with Gasteiger partial charge in [0.25, 0.3) is 0 Å². The minimum absolute atomic E-state index is 0.0567. The van der Waals surface area contributed by atoms with Crippen LogP contribution in [-0.4, -0.2) is 70.7 Å². The highest BCUT2D eigenvalue weighted by molar-refractivity contribution is 5.82. The summed E-state index contributed by atoms with van der Waals surface area (Å²) in [6.07, 6.45) is 5.03. The summed E-state index contributed by atoms with van der Waals surface area (Å²) in [6.45, 7) is 9.75. The van der Waals surface area contributed by atoms with Gasteiger partial charge in [-0.2, -0.15) is 0 Å². The van der Waals surface area contributed by atoms with Crippen LogP contribution in [0.3, 0.4) is 0 Å². The molecular weight excluding hydrogens is 499 g/mol. The molecule has 3 atom stereocenters. The zero-order valence-corrected chi connectivity index (χ0v) is 23.4. The van der Waals surface area contributed by atoms with Gasteiger partial charge in [0.1, 0.15) is 11.9 Å². The number of amides is 2. The molecule has 2 aliphatic heterocycles. The Morgan fingerprint density at radius 1 is 1.08 bits per heavy atom. The summed E-state index contributed by atoms with van der Waals surface area (Å²) < 4.78 is 26.3. The van der Waals surface area contributed by atoms with Crippen LogP contribution in [0.15, 0.2) is 36.5 Å². The van der Waals surface area contributed by atoms with E-state index in [0.717, 1.165) is 37.8 Å². The van der Waals surface area contributed by atoms with Crippen molar-refractivity contribution in [3.63, 3.8) is 0 Å². The summed E-state index contributed by atoms with van der Waals surface area (Å²) in [6, 6.07) is 8.06. The summed E-state index contributed by atoms with van der Waals surface area (Å²) in [5.41, 5.74) is 8.04. The number of nitrogens with two attached hydrogens (primary N) is 1. The predicted molar refractivity (Wildman–Crippen MR) is 148 cm³/mol. The lowest BCUT2D eigenvalue weighted by Crippen LogP contribution is -2.46. The van der Waals surface area contributed by atoms with E-state index in [1.807, 2.05) is 39.8 Å². The molecule has 2 fully saturated rings. The van der Waals surface area contributed by atoms with Crippen molar-refractivity contribution in [2.45, 2.75) is 84.1 Å². The zero-order chi connectivity index (χ0) is 28.1. The smallest absolute Gasteiger partial charge is 0.410 e. The number of aromatic nitrogens is 1. The van der Waals surface area contributed by atoms with Crippen LogP contribution in [0.2, 0.25) is 0 Å². The molecule has 8 nitrogen and oxygen atoms in total. The van der Waals surface area contributed by atoms with Crippen LogP contribution in [-0.2, 0) is 16.0 Å². The fraction of sp³-hybridized carbons (Fsp3) is 0.567. The number of pyridine rings is 1. The molecular formula is C30H41FN4O4. The first kappa shape index (κ1) is 28.8. The third kappa shape index (κ3) is 7.26. The van der Waals surface area contributed by atoms with E-state index in [0.29, 0.717) is 36.0 Å². The standard InChI is InChI=1S/C30H41FN4O4/c1-19(2)38-30(37)34-14-11-22(12-15-34)21(4)39-28-10-9-25(18-33-28)23-7-8-24(26(31)16-23)17-27(32)29(36)35-13-5-6-20(35)3/h7-10,16,18-22,27H,5-6,11-15,17,32H2,1-4H3. The Bertz CT molecular complexity index is 1130. The van der Waals surface area contributed by atoms with Crippen LogP contribution < -0.4 is 10.5 Å². The number of rotatable bonds is 8. The van der Waals surface area contributed by atoms with Crippen molar-refractivity contribution in [2.24, 2.45) is 11.7 Å². The maximum Gasteiger partial charge on any atom is 0.410 e. The van der Waals surface area contributed by atoms with Gasteiger partial charge in [-0.1, -0.05) is 12.1 Å². The Hall–Kier alpha value is -3.20. The van der Waals surface area contributed by atoms with Gasteiger partial charge < -0.3 is 25.0 Å². The Morgan fingerprint density at radius 3 is 2.38 bits per heavy atom. The van der Waals surface area contributed by atoms with Crippen LogP contribution in [0.1, 0.15) is 58.9 Å². The van der Waals surface area contributed by atoms with Crippen molar-refractivity contribution in [3.05, 3.63) is 47.9 Å². The van der Waals surface area contributed by atoms with E-state index in [1.54, 1.807) is 28.1 Å². The van der Waals surface area contributed by atoms with Gasteiger partial charge in [0, 0.05) is 43.5 Å². The van der Waals surface area contributed by atoms with E-state index < -0.39 is 6.04 Å². The van der Waals surface area contributed by atoms with Crippen molar-refractivity contribution in [3.8, 4) is 17.0 Å². The number of hydrogen-bond acceptors (Lipinski definition) is 6. The number of hydrogen-bond donors (Lipinski definition) is 1. The molecule has 2 saturated heterocycles. The van der Waals surface area contributed by atoms with Gasteiger partial charge in [-0.05, 0) is 89.0 Å². The zero-order valence-electron chi connectivity index (χ0n) is 23.4. The van der Waals surface area contributed by atoms with E-state index in [-0.39, 0.29) is 42.5 Å². The molecule has 212 valence electrons. The van der Waals surface area contributed by atoms with E-state index in [2.05, 4.69) is 4.98 Å². The van der Waals surface area contributed by atoms with Gasteiger partial charge in [0.05, 0.1) is 12.1 Å². The minimum atomic E-state index is -0.757. The maximum atomic E-state index is 15.0. The van der Waals surface area contributed by atoms with Crippen LogP contribution in [0.25, 0.3) is 11.1 Å². The first-order chi connectivity index (χ1) is 18.6. The predicted octanol–water partition coefficient (Wildman–Crippen LogP) is 4.79. The Balaban J connectivity index is 1.30. The molecule has 4 rings (SSSR count). The fourth-order valence-electron chi connectivity index (χ4n) is 5.43. The highest BCUT2D eigenvalue weighted by Gasteiger charge is 2.30. The normalized spacial score (nSPS) is 19.7. The van der Waals surface area contributed by atoms with Crippen LogP contribution in [0, 0.1) is 11.7 Å². The second kappa shape index (κ2) is 12.8. The van der Waals surface area contributed by atoms with Crippen LogP contribution in [0.4, 0.5) is 9.18 Å². The Labute approximate surface area is 230 Å². The monoisotopic (exact) mass is 540 g/mol. The fourth-order valence-corrected chi connectivity index (χ4v) is 5.43. The highest BCUT2D eigenvalue weighted by atomic mass is 19.1. The van der Waals surface area contributed by atoms with E-state index in [4.69, 9.17) is 15.2 Å². The lowest BCUT2D eigenvalue weighted by molar-refractivity contribution is -0.133. The number of carbonyl (C=O) groups is 2. The van der Waals surface area contributed by atoms with E-state index >= 15 is 0 Å².